The van der Waals surface area contributed by atoms with E-state index in [1.807, 2.05) is 0 Å². The summed E-state index contributed by atoms with van der Waals surface area (Å²) >= 11 is 5.67. The average Bonchev–Trinajstić information content (AvgIpc) is 2.38. The number of rotatable bonds is 8. The summed E-state index contributed by atoms with van der Waals surface area (Å²) in [7, 11) is 0. The zero-order chi connectivity index (χ0) is 13.4. The fraction of sp³-hybridized carbons (Fsp3) is 0.500. The lowest BCUT2D eigenvalue weighted by atomic mass is 10.3. The Morgan fingerprint density at radius 2 is 2.00 bits per heavy atom. The van der Waals surface area contributed by atoms with Crippen LogP contribution in [0.15, 0.2) is 24.3 Å². The highest BCUT2D eigenvalue weighted by Crippen LogP contribution is 2.17. The molecule has 0 unspecified atom stereocenters. The normalized spacial score (nSPS) is 10.6. The summed E-state index contributed by atoms with van der Waals surface area (Å²) in [5.41, 5.74) is 0.0691. The van der Waals surface area contributed by atoms with Crippen LogP contribution in [0.5, 0.6) is 5.75 Å². The van der Waals surface area contributed by atoms with Gasteiger partial charge in [0.2, 0.25) is 0 Å². The van der Waals surface area contributed by atoms with Crippen molar-refractivity contribution in [3.05, 3.63) is 34.4 Å². The van der Waals surface area contributed by atoms with Crippen LogP contribution in [0, 0.1) is 10.1 Å². The van der Waals surface area contributed by atoms with E-state index in [1.165, 1.54) is 12.1 Å². The lowest BCUT2D eigenvalue weighted by Gasteiger charge is -2.18. The van der Waals surface area contributed by atoms with E-state index in [-0.39, 0.29) is 5.69 Å². The predicted octanol–water partition coefficient (Wildman–Crippen LogP) is 2.53. The molecule has 0 fully saturated rings. The number of nitrogens with zero attached hydrogens (tertiary/aromatic N) is 2. The molecule has 0 aromatic heterocycles. The van der Waals surface area contributed by atoms with Crippen LogP contribution in [-0.2, 0) is 0 Å². The summed E-state index contributed by atoms with van der Waals surface area (Å²) in [6.07, 6.45) is 0. The molecule has 0 aliphatic heterocycles. The topological polar surface area (TPSA) is 55.6 Å². The Morgan fingerprint density at radius 3 is 2.50 bits per heavy atom. The second-order valence-electron chi connectivity index (χ2n) is 3.72. The maximum Gasteiger partial charge on any atom is 0.269 e. The van der Waals surface area contributed by atoms with Crippen LogP contribution in [0.4, 0.5) is 5.69 Å². The molecule has 1 aromatic carbocycles. The molecule has 18 heavy (non-hydrogen) atoms. The number of alkyl halides is 1. The van der Waals surface area contributed by atoms with Gasteiger partial charge in [-0.25, -0.2) is 0 Å². The third-order valence-electron chi connectivity index (χ3n) is 2.57. The standard InChI is InChI=1S/C12H17ClN2O3/c1-2-14(8-7-13)9-10-18-12-5-3-11(4-6-12)15(16)17/h3-6H,2,7-10H2,1H3. The Kier molecular flexibility index (Phi) is 6.46. The van der Waals surface area contributed by atoms with Gasteiger partial charge >= 0.3 is 0 Å². The summed E-state index contributed by atoms with van der Waals surface area (Å²) in [5.74, 6) is 1.24. The van der Waals surface area contributed by atoms with Gasteiger partial charge < -0.3 is 4.74 Å². The quantitative estimate of drug-likeness (QED) is 0.415. The largest absolute Gasteiger partial charge is 0.492 e. The third kappa shape index (κ3) is 4.89. The SMILES string of the molecule is CCN(CCCl)CCOc1ccc([N+](=O)[O-])cc1. The highest BCUT2D eigenvalue weighted by atomic mass is 35.5. The molecular weight excluding hydrogens is 256 g/mol. The lowest BCUT2D eigenvalue weighted by molar-refractivity contribution is -0.384. The van der Waals surface area contributed by atoms with Crippen molar-refractivity contribution in [2.45, 2.75) is 6.92 Å². The van der Waals surface area contributed by atoms with Crippen molar-refractivity contribution in [3.8, 4) is 5.75 Å². The lowest BCUT2D eigenvalue weighted by Crippen LogP contribution is -2.30. The van der Waals surface area contributed by atoms with Crippen molar-refractivity contribution in [2.24, 2.45) is 0 Å². The molecule has 1 aromatic rings. The zero-order valence-corrected chi connectivity index (χ0v) is 11.1. The Bertz CT molecular complexity index is 370. The van der Waals surface area contributed by atoms with Crippen LogP contribution < -0.4 is 4.74 Å². The van der Waals surface area contributed by atoms with Crippen LogP contribution in [0.2, 0.25) is 0 Å². The van der Waals surface area contributed by atoms with Crippen LogP contribution in [0.25, 0.3) is 0 Å². The van der Waals surface area contributed by atoms with Gasteiger partial charge in [-0.2, -0.15) is 0 Å². The van der Waals surface area contributed by atoms with Gasteiger partial charge in [0.25, 0.3) is 5.69 Å². The molecular formula is C12H17ClN2O3. The Balaban J connectivity index is 2.37. The first-order valence-electron chi connectivity index (χ1n) is 5.83. The molecule has 0 radical (unpaired) electrons. The molecule has 100 valence electrons. The number of ether oxygens (including phenoxy) is 1. The van der Waals surface area contributed by atoms with Crippen LogP contribution in [0.3, 0.4) is 0 Å². The van der Waals surface area contributed by atoms with E-state index in [4.69, 9.17) is 16.3 Å². The maximum absolute atomic E-state index is 10.5. The number of benzene rings is 1. The van der Waals surface area contributed by atoms with E-state index in [0.29, 0.717) is 18.2 Å². The van der Waals surface area contributed by atoms with Crippen LogP contribution >= 0.6 is 11.6 Å². The van der Waals surface area contributed by atoms with Crippen LogP contribution in [0.1, 0.15) is 6.92 Å². The van der Waals surface area contributed by atoms with Crippen molar-refractivity contribution < 1.29 is 9.66 Å². The summed E-state index contributed by atoms with van der Waals surface area (Å²) in [6.45, 7) is 5.17. The first-order valence-corrected chi connectivity index (χ1v) is 6.36. The van der Waals surface area contributed by atoms with E-state index in [0.717, 1.165) is 19.6 Å². The third-order valence-corrected chi connectivity index (χ3v) is 2.74. The fourth-order valence-electron chi connectivity index (χ4n) is 1.50. The van der Waals surface area contributed by atoms with Gasteiger partial charge in [-0.05, 0) is 18.7 Å². The van der Waals surface area contributed by atoms with Crippen molar-refractivity contribution in [1.29, 1.82) is 0 Å². The number of nitro benzene ring substituents is 1. The summed E-state index contributed by atoms with van der Waals surface area (Å²) < 4.78 is 5.51. The number of nitro groups is 1. The van der Waals surface area contributed by atoms with Crippen molar-refractivity contribution >= 4 is 17.3 Å². The number of likely N-dealkylation sites (N-methyl/N-ethyl adjacent to an activating group) is 1. The minimum atomic E-state index is -0.428. The monoisotopic (exact) mass is 272 g/mol. The van der Waals surface area contributed by atoms with Gasteiger partial charge in [0.1, 0.15) is 12.4 Å². The molecule has 0 saturated heterocycles. The number of hydrogen-bond donors (Lipinski definition) is 0. The second kappa shape index (κ2) is 7.89. The second-order valence-corrected chi connectivity index (χ2v) is 4.10. The molecule has 0 aliphatic rings. The van der Waals surface area contributed by atoms with Gasteiger partial charge in [0, 0.05) is 31.1 Å². The number of halogens is 1. The number of non-ortho nitro benzene ring substituents is 1. The molecule has 0 amide bonds. The first kappa shape index (κ1) is 14.7. The van der Waals surface area contributed by atoms with E-state index >= 15 is 0 Å². The van der Waals surface area contributed by atoms with E-state index in [1.54, 1.807) is 12.1 Å². The van der Waals surface area contributed by atoms with Gasteiger partial charge in [0.15, 0.2) is 0 Å². The molecule has 0 saturated carbocycles. The minimum absolute atomic E-state index is 0.0691. The fourth-order valence-corrected chi connectivity index (χ4v) is 1.74. The zero-order valence-electron chi connectivity index (χ0n) is 10.3. The first-order chi connectivity index (χ1) is 8.67. The Hall–Kier alpha value is -1.33. The summed E-state index contributed by atoms with van der Waals surface area (Å²) in [5, 5.41) is 10.5. The van der Waals surface area contributed by atoms with E-state index < -0.39 is 4.92 Å². The number of hydrogen-bond acceptors (Lipinski definition) is 4. The molecule has 0 heterocycles. The van der Waals surface area contributed by atoms with Crippen molar-refractivity contribution in [3.63, 3.8) is 0 Å². The summed E-state index contributed by atoms with van der Waals surface area (Å²) in [4.78, 5) is 12.2. The molecule has 0 spiro atoms. The maximum atomic E-state index is 10.5. The predicted molar refractivity (Wildman–Crippen MR) is 71.4 cm³/mol. The average molecular weight is 273 g/mol. The van der Waals surface area contributed by atoms with Gasteiger partial charge in [-0.1, -0.05) is 6.92 Å². The molecule has 5 nitrogen and oxygen atoms in total. The van der Waals surface area contributed by atoms with Crippen LogP contribution in [-0.4, -0.2) is 41.9 Å². The van der Waals surface area contributed by atoms with Crippen molar-refractivity contribution in [1.82, 2.24) is 4.90 Å². The molecule has 1 rings (SSSR count). The molecule has 0 atom stereocenters. The Labute approximate surface area is 111 Å². The highest BCUT2D eigenvalue weighted by Gasteiger charge is 2.05. The summed E-state index contributed by atoms with van der Waals surface area (Å²) in [6, 6.07) is 6.09. The Morgan fingerprint density at radius 1 is 1.33 bits per heavy atom. The van der Waals surface area contributed by atoms with Gasteiger partial charge in [0.05, 0.1) is 4.92 Å². The van der Waals surface area contributed by atoms with E-state index in [2.05, 4.69) is 11.8 Å². The van der Waals surface area contributed by atoms with Gasteiger partial charge in [-0.3, -0.25) is 15.0 Å². The minimum Gasteiger partial charge on any atom is -0.492 e. The molecule has 0 aliphatic carbocycles. The smallest absolute Gasteiger partial charge is 0.269 e. The highest BCUT2D eigenvalue weighted by molar-refractivity contribution is 6.18. The van der Waals surface area contributed by atoms with E-state index in [9.17, 15) is 10.1 Å². The molecule has 6 heteroatoms. The molecule has 0 N–H and O–H groups in total. The van der Waals surface area contributed by atoms with Crippen molar-refractivity contribution in [2.75, 3.05) is 32.1 Å². The molecule has 0 bridgehead atoms. The van der Waals surface area contributed by atoms with Gasteiger partial charge in [-0.15, -0.1) is 11.6 Å².